The predicted octanol–water partition coefficient (Wildman–Crippen LogP) is -0.351. The van der Waals surface area contributed by atoms with Gasteiger partial charge >= 0.3 is 19.4 Å². The number of nitrogens with two attached hydrogens (primary N) is 2. The third kappa shape index (κ3) is 5.48. The van der Waals surface area contributed by atoms with Gasteiger partial charge < -0.3 is 35.0 Å². The van der Waals surface area contributed by atoms with Crippen molar-refractivity contribution < 1.29 is 45.8 Å². The van der Waals surface area contributed by atoms with E-state index in [-0.39, 0.29) is 34.1 Å². The molecule has 0 saturated carbocycles. The van der Waals surface area contributed by atoms with Gasteiger partial charge in [0.05, 0.1) is 18.5 Å². The number of H-pyrrole nitrogens is 1. The Hall–Kier alpha value is -2.48. The van der Waals surface area contributed by atoms with Crippen molar-refractivity contribution in [3.05, 3.63) is 16.7 Å². The Morgan fingerprint density at radius 2 is 1.74 bits per heavy atom. The molecule has 4 aromatic rings. The zero-order valence-electron chi connectivity index (χ0n) is 22.3. The fourth-order valence-corrected chi connectivity index (χ4v) is 9.46. The monoisotopic (exact) mass is 746 g/mol. The summed E-state index contributed by atoms with van der Waals surface area (Å²) in [6, 6.07) is 0. The lowest BCUT2D eigenvalue weighted by Crippen LogP contribution is -2.41. The Bertz CT molecular complexity index is 2010. The Morgan fingerprint density at radius 1 is 1.04 bits per heavy atom. The fourth-order valence-electron chi connectivity index (χ4n) is 5.00. The second-order valence-corrected chi connectivity index (χ2v) is 16.9. The maximum atomic E-state index is 16.0. The first-order chi connectivity index (χ1) is 21.6. The molecule has 0 aromatic carbocycles. The molecule has 9 atom stereocenters. The Kier molecular flexibility index (Phi) is 7.89. The van der Waals surface area contributed by atoms with Crippen LogP contribution in [-0.2, 0) is 46.4 Å². The van der Waals surface area contributed by atoms with Crippen molar-refractivity contribution in [2.75, 3.05) is 24.7 Å². The second-order valence-electron chi connectivity index (χ2n) is 9.96. The number of halogens is 3. The number of ether oxygens (including phenoxy) is 1. The first kappa shape index (κ1) is 32.1. The summed E-state index contributed by atoms with van der Waals surface area (Å²) in [7, 11) is 0. The van der Waals surface area contributed by atoms with Crippen molar-refractivity contribution in [2.24, 2.45) is 0 Å². The summed E-state index contributed by atoms with van der Waals surface area (Å²) >= 11 is 10.9. The van der Waals surface area contributed by atoms with Crippen molar-refractivity contribution in [1.82, 2.24) is 49.9 Å². The van der Waals surface area contributed by atoms with E-state index in [2.05, 4.69) is 40.6 Å². The quantitative estimate of drug-likeness (QED) is 0.164. The summed E-state index contributed by atoms with van der Waals surface area (Å²) in [4.78, 5) is 48.0. The molecular weight excluding hydrogens is 727 g/mol. The summed E-state index contributed by atoms with van der Waals surface area (Å²) < 4.78 is 76.6. The van der Waals surface area contributed by atoms with Crippen LogP contribution in [0.3, 0.4) is 0 Å². The van der Waals surface area contributed by atoms with Crippen LogP contribution in [0.15, 0.2) is 11.1 Å². The lowest BCUT2D eigenvalue weighted by molar-refractivity contribution is -0.140. The van der Waals surface area contributed by atoms with Crippen LogP contribution in [0.1, 0.15) is 11.6 Å². The number of nitrogens with zero attached hydrogens (tertiary/aromatic N) is 9. The number of nitrogen functional groups attached to an aromatic ring is 2. The van der Waals surface area contributed by atoms with Crippen molar-refractivity contribution in [3.63, 3.8) is 0 Å². The van der Waals surface area contributed by atoms with E-state index in [4.69, 9.17) is 57.9 Å². The van der Waals surface area contributed by atoms with Crippen molar-refractivity contribution in [3.8, 4) is 0 Å². The number of anilines is 2. The van der Waals surface area contributed by atoms with Gasteiger partial charge in [0.1, 0.15) is 30.1 Å². The third-order valence-corrected chi connectivity index (χ3v) is 11.6. The van der Waals surface area contributed by atoms with Crippen molar-refractivity contribution >= 4 is 82.9 Å². The van der Waals surface area contributed by atoms with E-state index in [1.807, 2.05) is 0 Å². The average Bonchev–Trinajstić information content (AvgIpc) is 3.71. The van der Waals surface area contributed by atoms with Gasteiger partial charge in [-0.15, -0.1) is 22.0 Å². The Labute approximate surface area is 266 Å². The molecule has 248 valence electrons. The van der Waals surface area contributed by atoms with Gasteiger partial charge in [0, 0.05) is 0 Å². The first-order valence-corrected chi connectivity index (χ1v) is 18.8. The van der Waals surface area contributed by atoms with Crippen LogP contribution >= 0.6 is 25.2 Å². The SMILES string of the molecule is Nc1nc2c(nnn2[C@@H]2S[C@@H]3COP(O)(=S)O[C@@H]4[C@@H](COP(O)(=S)O[C@@H]2[C@H]3F)O[C@@H](n2nnc3c(N)ncnc32)C4(F)F)c(=O)[nH]1. The summed E-state index contributed by atoms with van der Waals surface area (Å²) in [5.74, 6) is -4.45. The van der Waals surface area contributed by atoms with E-state index in [1.54, 1.807) is 0 Å². The normalized spacial score (nSPS) is 36.7. The van der Waals surface area contributed by atoms with Crippen molar-refractivity contribution in [1.29, 1.82) is 0 Å². The number of fused-ring (bicyclic) bond motifs is 5. The molecule has 28 heteroatoms. The van der Waals surface area contributed by atoms with Crippen LogP contribution in [0.5, 0.6) is 0 Å². The maximum absolute atomic E-state index is 16.0. The lowest BCUT2D eigenvalue weighted by atomic mass is 10.1. The molecule has 3 saturated heterocycles. The Balaban J connectivity index is 1.23. The summed E-state index contributed by atoms with van der Waals surface area (Å²) in [6.45, 7) is -10.6. The maximum Gasteiger partial charge on any atom is 0.325 e. The Morgan fingerprint density at radius 3 is 2.52 bits per heavy atom. The van der Waals surface area contributed by atoms with Crippen LogP contribution in [-0.4, -0.2) is 109 Å². The number of aromatic nitrogens is 10. The number of aromatic amines is 1. The largest absolute Gasteiger partial charge is 0.382 e. The molecular formula is C18H19F3N12O8P2S3. The number of thioether (sulfide) groups is 1. The minimum absolute atomic E-state index is 0.0953. The van der Waals surface area contributed by atoms with Crippen LogP contribution in [0.4, 0.5) is 24.9 Å². The van der Waals surface area contributed by atoms with Gasteiger partial charge in [-0.05, 0) is 23.6 Å². The van der Waals surface area contributed by atoms with Crippen LogP contribution in [0, 0.1) is 0 Å². The smallest absolute Gasteiger partial charge is 0.325 e. The summed E-state index contributed by atoms with van der Waals surface area (Å²) in [5, 5.41) is 12.6. The topological polar surface area (TPSA) is 272 Å². The number of rotatable bonds is 2. The average molecular weight is 747 g/mol. The van der Waals surface area contributed by atoms with Gasteiger partial charge in [-0.1, -0.05) is 10.4 Å². The molecule has 4 aromatic heterocycles. The molecule has 2 bridgehead atoms. The third-order valence-electron chi connectivity index (χ3n) is 7.03. The van der Waals surface area contributed by atoms with Crippen LogP contribution < -0.4 is 17.0 Å². The van der Waals surface area contributed by atoms with E-state index in [0.717, 1.165) is 22.8 Å². The molecule has 3 aliphatic heterocycles. The van der Waals surface area contributed by atoms with Gasteiger partial charge in [0.25, 0.3) is 5.56 Å². The highest BCUT2D eigenvalue weighted by atomic mass is 32.5. The molecule has 7 heterocycles. The highest BCUT2D eigenvalue weighted by Crippen LogP contribution is 2.58. The van der Waals surface area contributed by atoms with Crippen LogP contribution in [0.2, 0.25) is 0 Å². The molecule has 7 rings (SSSR count). The van der Waals surface area contributed by atoms with E-state index >= 15 is 13.2 Å². The number of hydrogen-bond donors (Lipinski definition) is 5. The number of hydrogen-bond acceptors (Lipinski definition) is 18. The van der Waals surface area contributed by atoms with E-state index in [1.165, 1.54) is 0 Å². The van der Waals surface area contributed by atoms with E-state index in [0.29, 0.717) is 4.68 Å². The van der Waals surface area contributed by atoms with E-state index < -0.39 is 79.5 Å². The molecule has 46 heavy (non-hydrogen) atoms. The summed E-state index contributed by atoms with van der Waals surface area (Å²) in [5.41, 5.74) is 10.00. The highest BCUT2D eigenvalue weighted by molar-refractivity contribution is 8.07. The highest BCUT2D eigenvalue weighted by Gasteiger charge is 2.64. The second kappa shape index (κ2) is 11.3. The number of nitrogens with one attached hydrogen (secondary N) is 1. The molecule has 3 fully saturated rings. The van der Waals surface area contributed by atoms with Gasteiger partial charge in [-0.25, -0.2) is 19.0 Å². The minimum atomic E-state index is -4.57. The fraction of sp³-hybridized carbons (Fsp3) is 0.556. The van der Waals surface area contributed by atoms with Gasteiger partial charge in [-0.3, -0.25) is 18.8 Å². The van der Waals surface area contributed by atoms with Gasteiger partial charge in [0.2, 0.25) is 12.2 Å². The van der Waals surface area contributed by atoms with Crippen molar-refractivity contribution in [2.45, 2.75) is 47.3 Å². The molecule has 7 N–H and O–H groups in total. The predicted molar refractivity (Wildman–Crippen MR) is 157 cm³/mol. The lowest BCUT2D eigenvalue weighted by Gasteiger charge is -2.28. The molecule has 0 spiro atoms. The molecule has 0 aliphatic carbocycles. The summed E-state index contributed by atoms with van der Waals surface area (Å²) in [6.07, 6.45) is -9.09. The van der Waals surface area contributed by atoms with E-state index in [9.17, 15) is 14.6 Å². The molecule has 0 radical (unpaired) electrons. The molecule has 2 unspecified atom stereocenters. The molecule has 20 nitrogen and oxygen atoms in total. The zero-order valence-corrected chi connectivity index (χ0v) is 26.5. The van der Waals surface area contributed by atoms with Gasteiger partial charge in [-0.2, -0.15) is 18.4 Å². The first-order valence-electron chi connectivity index (χ1n) is 12.7. The standard InChI is InChI=1S/C18H19F3N12O8P2S3/c19-6-5-2-38-43(36,45)41-10-4(39-16(18(10,20)21)33-12-7(28-31-33)11(22)24-3-25-12)1-37-42(35,44)40-9(6)15(46-5)32-13-8(29-30-32)14(34)27-17(23)26-13/h3-6,9-10,15-16H,1-2H2,(H,35,44)(H,36,45)(H2,22,24,25)(H3,23,26,27,34)/t4-,5-,6+,9-,10-,15-,16-,42?,43?/m1/s1. The zero-order chi connectivity index (χ0) is 32.8. The molecule has 3 aliphatic rings. The number of alkyl halides is 3. The van der Waals surface area contributed by atoms with Crippen LogP contribution in [0.25, 0.3) is 22.3 Å². The van der Waals surface area contributed by atoms with Gasteiger partial charge in [0.15, 0.2) is 34.2 Å². The minimum Gasteiger partial charge on any atom is -0.382 e. The molecule has 0 amide bonds.